The lowest BCUT2D eigenvalue weighted by atomic mass is 10.1. The van der Waals surface area contributed by atoms with Gasteiger partial charge < -0.3 is 5.73 Å². The van der Waals surface area contributed by atoms with Crippen LogP contribution < -0.4 is 5.73 Å². The van der Waals surface area contributed by atoms with Crippen molar-refractivity contribution < 1.29 is 0 Å². The molecule has 8 heteroatoms. The first-order chi connectivity index (χ1) is 12.7. The van der Waals surface area contributed by atoms with E-state index in [0.717, 1.165) is 39.4 Å². The highest BCUT2D eigenvalue weighted by molar-refractivity contribution is 5.86. The van der Waals surface area contributed by atoms with Gasteiger partial charge in [-0.2, -0.15) is 4.98 Å². The number of pyridine rings is 1. The molecular formula is C18H14N8. The van der Waals surface area contributed by atoms with Crippen LogP contribution in [-0.2, 0) is 0 Å². The van der Waals surface area contributed by atoms with Crippen LogP contribution in [0.1, 0.15) is 5.69 Å². The zero-order chi connectivity index (χ0) is 17.7. The number of aromatic amines is 1. The molecule has 0 spiro atoms. The van der Waals surface area contributed by atoms with Gasteiger partial charge in [0, 0.05) is 17.5 Å². The second-order valence-electron chi connectivity index (χ2n) is 6.04. The first-order valence-electron chi connectivity index (χ1n) is 8.09. The highest BCUT2D eigenvalue weighted by Crippen LogP contribution is 2.32. The van der Waals surface area contributed by atoms with Crippen LogP contribution in [-0.4, -0.2) is 34.8 Å². The van der Waals surface area contributed by atoms with Crippen molar-refractivity contribution in [3.63, 3.8) is 0 Å². The van der Waals surface area contributed by atoms with Crippen molar-refractivity contribution in [3.8, 4) is 22.6 Å². The Morgan fingerprint density at radius 1 is 1.04 bits per heavy atom. The zero-order valence-corrected chi connectivity index (χ0v) is 13.9. The van der Waals surface area contributed by atoms with E-state index in [9.17, 15) is 0 Å². The third-order valence-corrected chi connectivity index (χ3v) is 4.25. The average molecular weight is 342 g/mol. The quantitative estimate of drug-likeness (QED) is 0.510. The molecule has 5 rings (SSSR count). The summed E-state index contributed by atoms with van der Waals surface area (Å²) in [7, 11) is 0. The summed E-state index contributed by atoms with van der Waals surface area (Å²) >= 11 is 0. The maximum absolute atomic E-state index is 5.84. The number of benzene rings is 1. The molecule has 126 valence electrons. The molecule has 5 aromatic rings. The molecule has 0 amide bonds. The van der Waals surface area contributed by atoms with Crippen LogP contribution >= 0.6 is 0 Å². The van der Waals surface area contributed by atoms with E-state index in [1.807, 2.05) is 53.9 Å². The van der Waals surface area contributed by atoms with Gasteiger partial charge in [0.05, 0.1) is 16.9 Å². The first kappa shape index (κ1) is 14.5. The van der Waals surface area contributed by atoms with Crippen LogP contribution in [0.15, 0.2) is 48.7 Å². The van der Waals surface area contributed by atoms with Crippen molar-refractivity contribution in [2.45, 2.75) is 6.92 Å². The van der Waals surface area contributed by atoms with Crippen LogP contribution in [0.2, 0.25) is 0 Å². The highest BCUT2D eigenvalue weighted by atomic mass is 15.3. The molecule has 0 atom stereocenters. The lowest BCUT2D eigenvalue weighted by Crippen LogP contribution is -1.95. The van der Waals surface area contributed by atoms with Gasteiger partial charge in [0.15, 0.2) is 0 Å². The van der Waals surface area contributed by atoms with Gasteiger partial charge in [0.1, 0.15) is 17.0 Å². The maximum Gasteiger partial charge on any atom is 0.236 e. The molecule has 0 aliphatic carbocycles. The number of imidazole rings is 1. The van der Waals surface area contributed by atoms with E-state index in [0.29, 0.717) is 11.6 Å². The Hall–Kier alpha value is -3.81. The van der Waals surface area contributed by atoms with Crippen molar-refractivity contribution in [2.24, 2.45) is 0 Å². The zero-order valence-electron chi connectivity index (χ0n) is 13.9. The van der Waals surface area contributed by atoms with Gasteiger partial charge in [0.2, 0.25) is 5.78 Å². The van der Waals surface area contributed by atoms with E-state index in [4.69, 9.17) is 10.7 Å². The first-order valence-corrected chi connectivity index (χ1v) is 8.09. The van der Waals surface area contributed by atoms with Crippen LogP contribution in [0.5, 0.6) is 0 Å². The van der Waals surface area contributed by atoms with Crippen molar-refractivity contribution in [1.29, 1.82) is 0 Å². The molecule has 0 radical (unpaired) electrons. The molecule has 3 N–H and O–H groups in total. The summed E-state index contributed by atoms with van der Waals surface area (Å²) in [5.74, 6) is 0.951. The number of hydrogen-bond donors (Lipinski definition) is 2. The largest absolute Gasteiger partial charge is 0.384 e. The van der Waals surface area contributed by atoms with Gasteiger partial charge in [-0.3, -0.25) is 14.5 Å². The Labute approximate surface area is 147 Å². The summed E-state index contributed by atoms with van der Waals surface area (Å²) in [6.45, 7) is 1.96. The molecule has 0 unspecified atom stereocenters. The number of nitrogens with zero attached hydrogens (tertiary/aromatic N) is 6. The lowest BCUT2D eigenvalue weighted by Gasteiger charge is -2.06. The predicted octanol–water partition coefficient (Wildman–Crippen LogP) is 2.62. The molecule has 0 saturated carbocycles. The van der Waals surface area contributed by atoms with Gasteiger partial charge in [-0.1, -0.05) is 17.3 Å². The average Bonchev–Trinajstić information content (AvgIpc) is 3.24. The Bertz CT molecular complexity index is 1270. The third-order valence-electron chi connectivity index (χ3n) is 4.25. The van der Waals surface area contributed by atoms with Gasteiger partial charge >= 0.3 is 0 Å². The lowest BCUT2D eigenvalue weighted by molar-refractivity contribution is 0.959. The molecule has 4 heterocycles. The summed E-state index contributed by atoms with van der Waals surface area (Å²) in [6.07, 6.45) is 1.87. The number of nitrogen functional groups attached to an aromatic ring is 1. The second-order valence-corrected chi connectivity index (χ2v) is 6.04. The number of rotatable bonds is 2. The van der Waals surface area contributed by atoms with Crippen LogP contribution in [0.4, 0.5) is 5.82 Å². The molecule has 0 aliphatic heterocycles. The number of aromatic nitrogens is 7. The molecule has 8 nitrogen and oxygen atoms in total. The normalized spacial score (nSPS) is 11.4. The van der Waals surface area contributed by atoms with Gasteiger partial charge in [-0.15, -0.1) is 5.10 Å². The number of fused-ring (bicyclic) bond motifs is 2. The number of nitrogens with one attached hydrogen (secondary N) is 1. The summed E-state index contributed by atoms with van der Waals surface area (Å²) in [5, 5.41) is 10.8. The van der Waals surface area contributed by atoms with Crippen LogP contribution in [0.3, 0.4) is 0 Å². The van der Waals surface area contributed by atoms with E-state index in [1.165, 1.54) is 0 Å². The number of hydrogen-bond acceptors (Lipinski definition) is 6. The molecule has 0 aliphatic rings. The molecule has 4 aromatic heterocycles. The number of H-pyrrole nitrogens is 1. The monoisotopic (exact) mass is 342 g/mol. The number of aryl methyl sites for hydroxylation is 1. The van der Waals surface area contributed by atoms with Crippen LogP contribution in [0, 0.1) is 6.92 Å². The Morgan fingerprint density at radius 3 is 2.85 bits per heavy atom. The molecule has 0 bridgehead atoms. The fraction of sp³-hybridized carbons (Fsp3) is 0.0556. The standard InChI is InChI=1S/C18H14N8/c1-10-3-2-4-13(20-10)16-17(26-8-7-15(19)21-18(26)22-16)11-5-6-12-14(9-11)24-25-23-12/h2-9H,1H3,(H2,19,21,22)(H,23,24,25). The molecule has 0 saturated heterocycles. The predicted molar refractivity (Wildman–Crippen MR) is 98.3 cm³/mol. The summed E-state index contributed by atoms with van der Waals surface area (Å²) < 4.78 is 1.92. The molecule has 0 fully saturated rings. The maximum atomic E-state index is 5.84. The van der Waals surface area contributed by atoms with Gasteiger partial charge in [-0.05, 0) is 37.3 Å². The molecular weight excluding hydrogens is 328 g/mol. The van der Waals surface area contributed by atoms with Gasteiger partial charge in [0.25, 0.3) is 0 Å². The molecule has 26 heavy (non-hydrogen) atoms. The fourth-order valence-electron chi connectivity index (χ4n) is 3.07. The van der Waals surface area contributed by atoms with Crippen molar-refractivity contribution >= 4 is 22.6 Å². The third kappa shape index (κ3) is 2.20. The minimum Gasteiger partial charge on any atom is -0.384 e. The minimum atomic E-state index is 0.422. The second kappa shape index (κ2) is 5.35. The summed E-state index contributed by atoms with van der Waals surface area (Å²) in [6, 6.07) is 13.5. The number of nitrogens with two attached hydrogens (primary N) is 1. The Morgan fingerprint density at radius 2 is 1.96 bits per heavy atom. The van der Waals surface area contributed by atoms with Crippen molar-refractivity contribution in [1.82, 2.24) is 34.8 Å². The van der Waals surface area contributed by atoms with Crippen molar-refractivity contribution in [3.05, 3.63) is 54.4 Å². The van der Waals surface area contributed by atoms with Gasteiger partial charge in [-0.25, -0.2) is 4.98 Å². The Kier molecular flexibility index (Phi) is 2.99. The van der Waals surface area contributed by atoms with E-state index in [2.05, 4.69) is 25.4 Å². The minimum absolute atomic E-state index is 0.422. The number of anilines is 1. The van der Waals surface area contributed by atoms with E-state index in [1.54, 1.807) is 6.07 Å². The van der Waals surface area contributed by atoms with E-state index < -0.39 is 0 Å². The van der Waals surface area contributed by atoms with E-state index >= 15 is 0 Å². The van der Waals surface area contributed by atoms with Crippen molar-refractivity contribution in [2.75, 3.05) is 5.73 Å². The Balaban J connectivity index is 1.85. The topological polar surface area (TPSA) is 111 Å². The summed E-state index contributed by atoms with van der Waals surface area (Å²) in [4.78, 5) is 13.7. The SMILES string of the molecule is Cc1cccc(-c2nc3nc(N)ccn3c2-c2ccc3nn[nH]c3c2)n1. The van der Waals surface area contributed by atoms with Crippen LogP contribution in [0.25, 0.3) is 39.5 Å². The fourth-order valence-corrected chi connectivity index (χ4v) is 3.07. The summed E-state index contributed by atoms with van der Waals surface area (Å²) in [5.41, 5.74) is 11.8. The smallest absolute Gasteiger partial charge is 0.236 e. The van der Waals surface area contributed by atoms with E-state index in [-0.39, 0.29) is 0 Å². The molecule has 1 aromatic carbocycles. The highest BCUT2D eigenvalue weighted by Gasteiger charge is 2.18.